The van der Waals surface area contributed by atoms with Crippen molar-refractivity contribution in [2.24, 2.45) is 5.92 Å². The van der Waals surface area contributed by atoms with E-state index in [0.717, 1.165) is 17.3 Å². The highest BCUT2D eigenvalue weighted by Gasteiger charge is 2.08. The number of fused-ring (bicyclic) bond motifs is 1. The number of ether oxygens (including phenoxy) is 1. The fourth-order valence-electron chi connectivity index (χ4n) is 1.90. The minimum Gasteiger partial charge on any atom is -0.464 e. The smallest absolute Gasteiger partial charge is 0.325 e. The zero-order valence-electron chi connectivity index (χ0n) is 11.2. The van der Waals surface area contributed by atoms with Crippen LogP contribution in [0.3, 0.4) is 0 Å². The van der Waals surface area contributed by atoms with Gasteiger partial charge in [0.15, 0.2) is 0 Å². The van der Waals surface area contributed by atoms with E-state index < -0.39 is 0 Å². The van der Waals surface area contributed by atoms with Crippen LogP contribution < -0.4 is 0 Å². The third-order valence-electron chi connectivity index (χ3n) is 2.99. The predicted octanol–water partition coefficient (Wildman–Crippen LogP) is 3.37. The summed E-state index contributed by atoms with van der Waals surface area (Å²) < 4.78 is 20.0. The standard InChI is InChI=1S/C15H18FNO2/c1-11(2)6-8-19-15(18)10-17-7-5-12-9-13(16)3-4-14(12)17/h3-5,7,9,11H,6,8,10H2,1-2H3. The van der Waals surface area contributed by atoms with Crippen molar-refractivity contribution < 1.29 is 13.9 Å². The van der Waals surface area contributed by atoms with Gasteiger partial charge in [-0.15, -0.1) is 0 Å². The maximum absolute atomic E-state index is 13.0. The second-order valence-electron chi connectivity index (χ2n) is 5.05. The molecule has 0 unspecified atom stereocenters. The lowest BCUT2D eigenvalue weighted by Crippen LogP contribution is -2.14. The molecule has 3 nitrogen and oxygen atoms in total. The minimum atomic E-state index is -0.273. The van der Waals surface area contributed by atoms with Gasteiger partial charge < -0.3 is 9.30 Å². The molecular formula is C15H18FNO2. The van der Waals surface area contributed by atoms with E-state index in [1.165, 1.54) is 12.1 Å². The fraction of sp³-hybridized carbons (Fsp3) is 0.400. The Balaban J connectivity index is 1.99. The van der Waals surface area contributed by atoms with Crippen LogP contribution >= 0.6 is 0 Å². The van der Waals surface area contributed by atoms with E-state index in [1.807, 2.05) is 0 Å². The molecule has 4 heteroatoms. The van der Waals surface area contributed by atoms with Gasteiger partial charge in [0.1, 0.15) is 12.4 Å². The van der Waals surface area contributed by atoms with Gasteiger partial charge in [-0.1, -0.05) is 13.8 Å². The number of hydrogen-bond acceptors (Lipinski definition) is 2. The highest BCUT2D eigenvalue weighted by atomic mass is 19.1. The number of hydrogen-bond donors (Lipinski definition) is 0. The van der Waals surface area contributed by atoms with E-state index in [-0.39, 0.29) is 18.3 Å². The Morgan fingerprint density at radius 3 is 2.89 bits per heavy atom. The monoisotopic (exact) mass is 263 g/mol. The first-order valence-electron chi connectivity index (χ1n) is 6.46. The normalized spacial score (nSPS) is 11.2. The molecular weight excluding hydrogens is 245 g/mol. The third kappa shape index (κ3) is 3.56. The Bertz CT molecular complexity index is 575. The SMILES string of the molecule is CC(C)CCOC(=O)Cn1ccc2cc(F)ccc21. The van der Waals surface area contributed by atoms with E-state index in [1.54, 1.807) is 22.9 Å². The number of carbonyl (C=O) groups excluding carboxylic acids is 1. The molecule has 1 aromatic carbocycles. The maximum Gasteiger partial charge on any atom is 0.325 e. The molecule has 2 rings (SSSR count). The van der Waals surface area contributed by atoms with Crippen LogP contribution in [-0.2, 0) is 16.1 Å². The Morgan fingerprint density at radius 1 is 1.37 bits per heavy atom. The van der Waals surface area contributed by atoms with Crippen molar-refractivity contribution in [2.75, 3.05) is 6.61 Å². The van der Waals surface area contributed by atoms with Crippen molar-refractivity contribution in [1.29, 1.82) is 0 Å². The molecule has 0 saturated carbocycles. The Labute approximate surface area is 112 Å². The molecule has 19 heavy (non-hydrogen) atoms. The molecule has 0 amide bonds. The van der Waals surface area contributed by atoms with Crippen molar-refractivity contribution >= 4 is 16.9 Å². The number of halogens is 1. The molecule has 0 bridgehead atoms. The first-order valence-corrected chi connectivity index (χ1v) is 6.46. The lowest BCUT2D eigenvalue weighted by atomic mass is 10.1. The molecule has 0 aliphatic carbocycles. The van der Waals surface area contributed by atoms with Crippen molar-refractivity contribution in [3.63, 3.8) is 0 Å². The van der Waals surface area contributed by atoms with Gasteiger partial charge in [0.25, 0.3) is 0 Å². The Kier molecular flexibility index (Phi) is 4.20. The van der Waals surface area contributed by atoms with Gasteiger partial charge in [0.05, 0.1) is 6.61 Å². The van der Waals surface area contributed by atoms with Gasteiger partial charge in [0.2, 0.25) is 0 Å². The molecule has 0 atom stereocenters. The van der Waals surface area contributed by atoms with Crippen molar-refractivity contribution in [2.45, 2.75) is 26.8 Å². The molecule has 1 aromatic heterocycles. The van der Waals surface area contributed by atoms with E-state index in [2.05, 4.69) is 13.8 Å². The summed E-state index contributed by atoms with van der Waals surface area (Å²) in [5, 5.41) is 0.787. The van der Waals surface area contributed by atoms with E-state index in [9.17, 15) is 9.18 Å². The van der Waals surface area contributed by atoms with E-state index in [4.69, 9.17) is 4.74 Å². The number of carbonyl (C=O) groups is 1. The van der Waals surface area contributed by atoms with Crippen LogP contribution in [0.5, 0.6) is 0 Å². The van der Waals surface area contributed by atoms with Gasteiger partial charge in [-0.25, -0.2) is 4.39 Å². The summed E-state index contributed by atoms with van der Waals surface area (Å²) in [6, 6.07) is 6.31. The van der Waals surface area contributed by atoms with E-state index in [0.29, 0.717) is 12.5 Å². The number of esters is 1. The third-order valence-corrected chi connectivity index (χ3v) is 2.99. The summed E-state index contributed by atoms with van der Waals surface area (Å²) in [5.41, 5.74) is 0.835. The molecule has 102 valence electrons. The zero-order chi connectivity index (χ0) is 13.8. The van der Waals surface area contributed by atoms with Crippen LogP contribution in [0.15, 0.2) is 30.5 Å². The maximum atomic E-state index is 13.0. The molecule has 0 saturated heterocycles. The average Bonchev–Trinajstić information content (AvgIpc) is 2.71. The molecule has 2 aromatic rings. The molecule has 0 aliphatic heterocycles. The summed E-state index contributed by atoms with van der Waals surface area (Å²) in [6.07, 6.45) is 2.64. The van der Waals surface area contributed by atoms with Crippen LogP contribution in [-0.4, -0.2) is 17.1 Å². The van der Waals surface area contributed by atoms with Crippen LogP contribution in [0.25, 0.3) is 10.9 Å². The molecule has 0 aliphatic rings. The number of benzene rings is 1. The summed E-state index contributed by atoms with van der Waals surface area (Å²) in [5.74, 6) is -0.0181. The summed E-state index contributed by atoms with van der Waals surface area (Å²) in [6.45, 7) is 4.78. The number of aromatic nitrogens is 1. The number of nitrogens with zero attached hydrogens (tertiary/aromatic N) is 1. The predicted molar refractivity (Wildman–Crippen MR) is 72.3 cm³/mol. The highest BCUT2D eigenvalue weighted by Crippen LogP contribution is 2.17. The first kappa shape index (κ1) is 13.6. The molecule has 0 fully saturated rings. The first-order chi connectivity index (χ1) is 9.06. The van der Waals surface area contributed by atoms with Gasteiger partial charge in [-0.3, -0.25) is 4.79 Å². The largest absolute Gasteiger partial charge is 0.464 e. The van der Waals surface area contributed by atoms with Gasteiger partial charge >= 0.3 is 5.97 Å². The molecule has 0 N–H and O–H groups in total. The molecule has 0 spiro atoms. The summed E-state index contributed by atoms with van der Waals surface area (Å²) in [7, 11) is 0. The molecule has 0 radical (unpaired) electrons. The van der Waals surface area contributed by atoms with Crippen molar-refractivity contribution in [1.82, 2.24) is 4.57 Å². The van der Waals surface area contributed by atoms with E-state index >= 15 is 0 Å². The summed E-state index contributed by atoms with van der Waals surface area (Å²) in [4.78, 5) is 11.7. The Morgan fingerprint density at radius 2 is 2.16 bits per heavy atom. The average molecular weight is 263 g/mol. The Hall–Kier alpha value is -1.84. The lowest BCUT2D eigenvalue weighted by molar-refractivity contribution is -0.144. The fourth-order valence-corrected chi connectivity index (χ4v) is 1.90. The van der Waals surface area contributed by atoms with Crippen molar-refractivity contribution in [3.8, 4) is 0 Å². The van der Waals surface area contributed by atoms with Crippen LogP contribution in [0, 0.1) is 11.7 Å². The zero-order valence-corrected chi connectivity index (χ0v) is 11.2. The van der Waals surface area contributed by atoms with Gasteiger partial charge in [-0.05, 0) is 36.6 Å². The minimum absolute atomic E-state index is 0.160. The van der Waals surface area contributed by atoms with Gasteiger partial charge in [-0.2, -0.15) is 0 Å². The lowest BCUT2D eigenvalue weighted by Gasteiger charge is -2.08. The van der Waals surface area contributed by atoms with Crippen molar-refractivity contribution in [3.05, 3.63) is 36.3 Å². The quantitative estimate of drug-likeness (QED) is 0.774. The summed E-state index contributed by atoms with van der Waals surface area (Å²) >= 11 is 0. The van der Waals surface area contributed by atoms with Gasteiger partial charge in [0, 0.05) is 17.1 Å². The number of rotatable bonds is 5. The highest BCUT2D eigenvalue weighted by molar-refractivity contribution is 5.82. The molecule has 1 heterocycles. The van der Waals surface area contributed by atoms with Crippen LogP contribution in [0.4, 0.5) is 4.39 Å². The van der Waals surface area contributed by atoms with Crippen LogP contribution in [0.1, 0.15) is 20.3 Å². The van der Waals surface area contributed by atoms with Crippen LogP contribution in [0.2, 0.25) is 0 Å². The second-order valence-corrected chi connectivity index (χ2v) is 5.05. The second kappa shape index (κ2) is 5.87. The topological polar surface area (TPSA) is 31.2 Å².